The van der Waals surface area contributed by atoms with Gasteiger partial charge in [-0.05, 0) is 85.5 Å². The molecule has 2 aromatic carbocycles. The van der Waals surface area contributed by atoms with Crippen LogP contribution in [0.3, 0.4) is 0 Å². The molecule has 6 heteroatoms. The molecule has 1 aromatic heterocycles. The Labute approximate surface area is 211 Å². The van der Waals surface area contributed by atoms with E-state index < -0.39 is 0 Å². The summed E-state index contributed by atoms with van der Waals surface area (Å²) in [5.41, 5.74) is 2.95. The van der Waals surface area contributed by atoms with Crippen molar-refractivity contribution in [1.82, 2.24) is 4.57 Å². The quantitative estimate of drug-likeness (QED) is 0.376. The Morgan fingerprint density at radius 2 is 1.83 bits per heavy atom. The molecule has 3 aromatic rings. The first-order valence-electron chi connectivity index (χ1n) is 12.2. The Bertz CT molecular complexity index is 1320. The highest BCUT2D eigenvalue weighted by atomic mass is 35.5. The number of benzene rings is 2. The van der Waals surface area contributed by atoms with E-state index >= 15 is 0 Å². The summed E-state index contributed by atoms with van der Waals surface area (Å²) in [7, 11) is 1.61. The lowest BCUT2D eigenvalue weighted by atomic mass is 9.70. The van der Waals surface area contributed by atoms with Crippen LogP contribution < -0.4 is 4.74 Å². The van der Waals surface area contributed by atoms with E-state index in [1.165, 1.54) is 6.42 Å². The number of hydrogen-bond donors (Lipinski definition) is 0. The maximum absolute atomic E-state index is 13.5. The summed E-state index contributed by atoms with van der Waals surface area (Å²) < 4.78 is 13.2. The van der Waals surface area contributed by atoms with Crippen molar-refractivity contribution in [1.29, 1.82) is 0 Å². The van der Waals surface area contributed by atoms with Gasteiger partial charge in [0.25, 0.3) is 5.91 Å². The zero-order valence-electron chi connectivity index (χ0n) is 21.0. The number of hydrogen-bond acceptors (Lipinski definition) is 4. The molecule has 5 rings (SSSR count). The minimum Gasteiger partial charge on any atom is -0.497 e. The second-order valence-corrected chi connectivity index (χ2v) is 11.3. The van der Waals surface area contributed by atoms with Crippen LogP contribution in [0.1, 0.15) is 61.6 Å². The predicted octanol–water partition coefficient (Wildman–Crippen LogP) is 6.60. The van der Waals surface area contributed by atoms with E-state index in [-0.39, 0.29) is 35.2 Å². The lowest BCUT2D eigenvalue weighted by molar-refractivity contribution is -0.156. The fraction of sp³-hybridized carbons (Fsp3) is 0.448. The zero-order valence-corrected chi connectivity index (χ0v) is 21.7. The summed E-state index contributed by atoms with van der Waals surface area (Å²) in [5, 5.41) is 1.39. The fourth-order valence-electron chi connectivity index (χ4n) is 6.45. The van der Waals surface area contributed by atoms with Gasteiger partial charge in [-0.3, -0.25) is 14.2 Å². The van der Waals surface area contributed by atoms with Gasteiger partial charge in [-0.15, -0.1) is 0 Å². The molecule has 184 valence electrons. The third-order valence-corrected chi connectivity index (χ3v) is 9.40. The van der Waals surface area contributed by atoms with E-state index in [0.717, 1.165) is 35.0 Å². The molecule has 1 unspecified atom stereocenters. The van der Waals surface area contributed by atoms with Gasteiger partial charge in [0.2, 0.25) is 0 Å². The Morgan fingerprint density at radius 3 is 2.43 bits per heavy atom. The summed E-state index contributed by atoms with van der Waals surface area (Å²) >= 11 is 6.02. The number of rotatable bonds is 5. The number of fused-ring (bicyclic) bond motifs is 3. The highest BCUT2D eigenvalue weighted by molar-refractivity contribution is 6.30. The van der Waals surface area contributed by atoms with Crippen LogP contribution in [-0.4, -0.2) is 29.7 Å². The molecule has 35 heavy (non-hydrogen) atoms. The lowest BCUT2D eigenvalue weighted by Gasteiger charge is -2.38. The summed E-state index contributed by atoms with van der Waals surface area (Å²) in [4.78, 5) is 26.8. The minimum atomic E-state index is -0.247. The number of ether oxygens (including phenoxy) is 2. The van der Waals surface area contributed by atoms with E-state index in [9.17, 15) is 9.59 Å². The normalized spacial score (nSPS) is 24.6. The topological polar surface area (TPSA) is 57.5 Å². The number of halogens is 1. The summed E-state index contributed by atoms with van der Waals surface area (Å²) in [6, 6.07) is 12.4. The van der Waals surface area contributed by atoms with E-state index in [1.54, 1.807) is 35.9 Å². The molecule has 2 aliphatic carbocycles. The van der Waals surface area contributed by atoms with Gasteiger partial charge in [0, 0.05) is 27.1 Å². The zero-order chi connectivity index (χ0) is 25.1. The third-order valence-electron chi connectivity index (χ3n) is 9.14. The molecule has 2 saturated carbocycles. The van der Waals surface area contributed by atoms with Gasteiger partial charge in [0.1, 0.15) is 11.9 Å². The van der Waals surface area contributed by atoms with E-state index in [0.29, 0.717) is 22.3 Å². The predicted molar refractivity (Wildman–Crippen MR) is 137 cm³/mol. The van der Waals surface area contributed by atoms with Crippen molar-refractivity contribution in [2.24, 2.45) is 16.7 Å². The highest BCUT2D eigenvalue weighted by Crippen LogP contribution is 2.66. The summed E-state index contributed by atoms with van der Waals surface area (Å²) in [5.74, 6) is 0.848. The Balaban J connectivity index is 1.49. The van der Waals surface area contributed by atoms with Crippen LogP contribution >= 0.6 is 11.6 Å². The highest BCUT2D eigenvalue weighted by Gasteiger charge is 2.62. The molecule has 3 atom stereocenters. The monoisotopic (exact) mass is 493 g/mol. The molecule has 0 radical (unpaired) electrons. The molecule has 2 aliphatic rings. The van der Waals surface area contributed by atoms with Crippen molar-refractivity contribution in [2.45, 2.75) is 59.5 Å². The molecule has 0 N–H and O–H groups in total. The van der Waals surface area contributed by atoms with Crippen molar-refractivity contribution in [3.8, 4) is 5.75 Å². The van der Waals surface area contributed by atoms with Crippen LogP contribution in [0.25, 0.3) is 10.9 Å². The molecule has 1 heterocycles. The number of aromatic nitrogens is 1. The van der Waals surface area contributed by atoms with Gasteiger partial charge in [-0.1, -0.05) is 32.4 Å². The first-order valence-corrected chi connectivity index (χ1v) is 12.6. The maximum Gasteiger partial charge on any atom is 0.310 e. The molecule has 2 fully saturated rings. The first kappa shape index (κ1) is 23.9. The minimum absolute atomic E-state index is 0.00411. The Kier molecular flexibility index (Phi) is 5.75. The largest absolute Gasteiger partial charge is 0.497 e. The van der Waals surface area contributed by atoms with Crippen molar-refractivity contribution in [2.75, 3.05) is 7.11 Å². The number of carbonyl (C=O) groups is 2. The van der Waals surface area contributed by atoms with E-state index in [1.807, 2.05) is 25.1 Å². The van der Waals surface area contributed by atoms with Gasteiger partial charge >= 0.3 is 5.97 Å². The lowest BCUT2D eigenvalue weighted by Crippen LogP contribution is -2.38. The summed E-state index contributed by atoms with van der Waals surface area (Å²) in [6.45, 7) is 8.77. The van der Waals surface area contributed by atoms with Gasteiger partial charge in [0.05, 0.1) is 19.0 Å². The number of carbonyl (C=O) groups excluding carboxylic acids is 2. The molecule has 0 spiro atoms. The second kappa shape index (κ2) is 8.41. The van der Waals surface area contributed by atoms with Crippen LogP contribution in [0.2, 0.25) is 5.02 Å². The SMILES string of the molecule is COc1ccc2c(c1)c(CC(=O)O[C@@H]1CC3CC[C@@]1(C)C3(C)C)c(C)n2C(=O)c1ccc(Cl)cc1. The molecule has 2 bridgehead atoms. The van der Waals surface area contributed by atoms with Gasteiger partial charge in [0.15, 0.2) is 0 Å². The Hall–Kier alpha value is -2.79. The fourth-order valence-corrected chi connectivity index (χ4v) is 6.57. The Morgan fingerprint density at radius 1 is 1.11 bits per heavy atom. The maximum atomic E-state index is 13.5. The van der Waals surface area contributed by atoms with Crippen LogP contribution in [-0.2, 0) is 16.0 Å². The van der Waals surface area contributed by atoms with Gasteiger partial charge in [-0.25, -0.2) is 0 Å². The van der Waals surface area contributed by atoms with Gasteiger partial charge < -0.3 is 9.47 Å². The van der Waals surface area contributed by atoms with Crippen molar-refractivity contribution in [3.63, 3.8) is 0 Å². The average molecular weight is 494 g/mol. The first-order chi connectivity index (χ1) is 16.6. The smallest absolute Gasteiger partial charge is 0.310 e. The molecule has 0 aliphatic heterocycles. The van der Waals surface area contributed by atoms with Crippen molar-refractivity contribution in [3.05, 3.63) is 64.3 Å². The van der Waals surface area contributed by atoms with Gasteiger partial charge in [-0.2, -0.15) is 0 Å². The van der Waals surface area contributed by atoms with Crippen LogP contribution in [0, 0.1) is 23.7 Å². The molecular weight excluding hydrogens is 462 g/mol. The van der Waals surface area contributed by atoms with Crippen molar-refractivity contribution < 1.29 is 19.1 Å². The second-order valence-electron chi connectivity index (χ2n) is 10.9. The standard InChI is InChI=1S/C29H32ClNO4/c1-17-22(16-26(32)35-25-14-19-12-13-29(25,4)28(19,2)3)23-15-21(34-5)10-11-24(23)31(17)27(33)18-6-8-20(30)9-7-18/h6-11,15,19,25H,12-14,16H2,1-5H3/t19?,25-,29-/m1/s1. The molecule has 0 amide bonds. The third kappa shape index (κ3) is 3.67. The van der Waals surface area contributed by atoms with Crippen LogP contribution in [0.5, 0.6) is 5.75 Å². The van der Waals surface area contributed by atoms with Crippen LogP contribution in [0.15, 0.2) is 42.5 Å². The van der Waals surface area contributed by atoms with Crippen LogP contribution in [0.4, 0.5) is 0 Å². The van der Waals surface area contributed by atoms with E-state index in [4.69, 9.17) is 21.1 Å². The number of esters is 1. The molecule has 5 nitrogen and oxygen atoms in total. The van der Waals surface area contributed by atoms with Crippen molar-refractivity contribution >= 4 is 34.4 Å². The van der Waals surface area contributed by atoms with E-state index in [2.05, 4.69) is 20.8 Å². The number of nitrogens with zero attached hydrogens (tertiary/aromatic N) is 1. The number of methoxy groups -OCH3 is 1. The molecule has 0 saturated heterocycles. The summed E-state index contributed by atoms with van der Waals surface area (Å²) in [6.07, 6.45) is 3.26. The molecular formula is C29H32ClNO4. The average Bonchev–Trinajstić information content (AvgIpc) is 3.30.